The maximum absolute atomic E-state index is 12.1. The van der Waals surface area contributed by atoms with E-state index in [0.717, 1.165) is 17.5 Å². The van der Waals surface area contributed by atoms with Gasteiger partial charge < -0.3 is 0 Å². The van der Waals surface area contributed by atoms with Gasteiger partial charge in [0.05, 0.1) is 12.4 Å². The fraction of sp³-hybridized carbons (Fsp3) is 0. The Labute approximate surface area is 159 Å². The second-order valence-corrected chi connectivity index (χ2v) is 5.25. The van der Waals surface area contributed by atoms with Gasteiger partial charge in [-0.15, -0.1) is 0 Å². The molecule has 0 unspecified atom stereocenters. The molecule has 0 fully saturated rings. The van der Waals surface area contributed by atoms with E-state index in [2.05, 4.69) is 41.0 Å². The lowest BCUT2D eigenvalue weighted by molar-refractivity contribution is 0.0948. The van der Waals surface area contributed by atoms with Crippen LogP contribution in [-0.4, -0.2) is 44.2 Å². The van der Waals surface area contributed by atoms with Crippen LogP contribution in [0.15, 0.2) is 71.6 Å². The van der Waals surface area contributed by atoms with Gasteiger partial charge in [0, 0.05) is 30.9 Å². The molecule has 3 aromatic rings. The van der Waals surface area contributed by atoms with Crippen LogP contribution in [-0.2, 0) is 0 Å². The highest BCUT2D eigenvalue weighted by atomic mass is 16.2. The minimum absolute atomic E-state index is 0.00913. The molecule has 0 aliphatic heterocycles. The fourth-order valence-electron chi connectivity index (χ4n) is 1.95. The Morgan fingerprint density at radius 1 is 0.750 bits per heavy atom. The molecular formula is C18H14N8O2. The summed E-state index contributed by atoms with van der Waals surface area (Å²) in [4.78, 5) is 39.7. The summed E-state index contributed by atoms with van der Waals surface area (Å²) >= 11 is 0. The number of pyridine rings is 2. The zero-order valence-electron chi connectivity index (χ0n) is 14.4. The first-order valence-electron chi connectivity index (χ1n) is 8.01. The monoisotopic (exact) mass is 374 g/mol. The van der Waals surface area contributed by atoms with Crippen LogP contribution in [0.1, 0.15) is 32.1 Å². The van der Waals surface area contributed by atoms with Crippen LogP contribution in [0.25, 0.3) is 0 Å². The maximum Gasteiger partial charge on any atom is 0.290 e. The first-order chi connectivity index (χ1) is 13.7. The van der Waals surface area contributed by atoms with Gasteiger partial charge in [-0.1, -0.05) is 0 Å². The van der Waals surface area contributed by atoms with Crippen molar-refractivity contribution in [1.82, 2.24) is 30.8 Å². The highest BCUT2D eigenvalue weighted by Crippen LogP contribution is 1.99. The summed E-state index contributed by atoms with van der Waals surface area (Å²) in [6, 6.07) is 8.17. The van der Waals surface area contributed by atoms with E-state index in [1.54, 1.807) is 49.1 Å². The SMILES string of the molecule is O=C(N/N=C/c1ccncc1)c1cc(C(=O)N/N=C/c2ccncc2)ncn1. The number of carbonyl (C=O) groups excluding carboxylic acids is 2. The third-order valence-electron chi connectivity index (χ3n) is 3.30. The largest absolute Gasteiger partial charge is 0.290 e. The molecule has 28 heavy (non-hydrogen) atoms. The van der Waals surface area contributed by atoms with E-state index >= 15 is 0 Å². The molecule has 0 radical (unpaired) electrons. The molecular weight excluding hydrogens is 360 g/mol. The summed E-state index contributed by atoms with van der Waals surface area (Å²) in [5.41, 5.74) is 6.18. The topological polar surface area (TPSA) is 134 Å². The quantitative estimate of drug-likeness (QED) is 0.484. The Bertz CT molecular complexity index is 928. The van der Waals surface area contributed by atoms with Crippen molar-refractivity contribution in [3.8, 4) is 0 Å². The molecule has 0 spiro atoms. The van der Waals surface area contributed by atoms with E-state index in [1.807, 2.05) is 0 Å². The van der Waals surface area contributed by atoms with Gasteiger partial charge in [0.15, 0.2) is 0 Å². The second kappa shape index (κ2) is 9.38. The summed E-state index contributed by atoms with van der Waals surface area (Å²) < 4.78 is 0. The Hall–Kier alpha value is -4.34. The number of nitrogens with zero attached hydrogens (tertiary/aromatic N) is 6. The number of nitrogens with one attached hydrogen (secondary N) is 2. The van der Waals surface area contributed by atoms with Gasteiger partial charge >= 0.3 is 0 Å². The minimum atomic E-state index is -0.581. The number of carbonyl (C=O) groups is 2. The Morgan fingerprint density at radius 3 is 1.61 bits per heavy atom. The average Bonchev–Trinajstić information content (AvgIpc) is 2.75. The molecule has 2 amide bonds. The number of hydrazone groups is 2. The van der Waals surface area contributed by atoms with Gasteiger partial charge in [-0.05, 0) is 35.4 Å². The summed E-state index contributed by atoms with van der Waals surface area (Å²) in [6.45, 7) is 0. The summed E-state index contributed by atoms with van der Waals surface area (Å²) in [7, 11) is 0. The predicted molar refractivity (Wildman–Crippen MR) is 101 cm³/mol. The second-order valence-electron chi connectivity index (χ2n) is 5.25. The van der Waals surface area contributed by atoms with E-state index in [4.69, 9.17) is 0 Å². The molecule has 3 rings (SSSR count). The lowest BCUT2D eigenvalue weighted by atomic mass is 10.3. The highest BCUT2D eigenvalue weighted by molar-refractivity contribution is 5.97. The van der Waals surface area contributed by atoms with Crippen molar-refractivity contribution >= 4 is 24.2 Å². The van der Waals surface area contributed by atoms with Crippen molar-refractivity contribution in [3.63, 3.8) is 0 Å². The molecule has 0 saturated carbocycles. The van der Waals surface area contributed by atoms with Gasteiger partial charge in [-0.2, -0.15) is 10.2 Å². The zero-order chi connectivity index (χ0) is 19.6. The van der Waals surface area contributed by atoms with Crippen LogP contribution in [0, 0.1) is 0 Å². The third kappa shape index (κ3) is 5.33. The molecule has 0 aliphatic carbocycles. The van der Waals surface area contributed by atoms with Crippen molar-refractivity contribution in [2.24, 2.45) is 10.2 Å². The van der Waals surface area contributed by atoms with Crippen LogP contribution in [0.4, 0.5) is 0 Å². The van der Waals surface area contributed by atoms with Gasteiger partial charge in [0.2, 0.25) is 0 Å². The standard InChI is InChI=1S/C18H14N8O2/c27-17(25-23-10-13-1-5-19-6-2-13)15-9-16(22-12-21-15)18(28)26-24-11-14-3-7-20-8-4-14/h1-12H,(H,25,27)(H,26,28)/b23-10+,24-11+. The van der Waals surface area contributed by atoms with Gasteiger partial charge in [-0.25, -0.2) is 20.8 Å². The highest BCUT2D eigenvalue weighted by Gasteiger charge is 2.12. The predicted octanol–water partition coefficient (Wildman–Crippen LogP) is 0.794. The normalized spacial score (nSPS) is 10.9. The Morgan fingerprint density at radius 2 is 1.18 bits per heavy atom. The maximum atomic E-state index is 12.1. The van der Waals surface area contributed by atoms with Crippen LogP contribution in [0.2, 0.25) is 0 Å². The van der Waals surface area contributed by atoms with Crippen molar-refractivity contribution in [2.75, 3.05) is 0 Å². The van der Waals surface area contributed by atoms with Crippen LogP contribution in [0.5, 0.6) is 0 Å². The minimum Gasteiger partial charge on any atom is -0.266 e. The van der Waals surface area contributed by atoms with Crippen molar-refractivity contribution in [3.05, 3.63) is 84.0 Å². The molecule has 0 aromatic carbocycles. The number of amides is 2. The van der Waals surface area contributed by atoms with E-state index in [-0.39, 0.29) is 11.4 Å². The average molecular weight is 374 g/mol. The van der Waals surface area contributed by atoms with Crippen LogP contribution < -0.4 is 10.9 Å². The number of hydrogen-bond donors (Lipinski definition) is 2. The van der Waals surface area contributed by atoms with E-state index in [9.17, 15) is 9.59 Å². The molecule has 0 aliphatic rings. The molecule has 10 heteroatoms. The van der Waals surface area contributed by atoms with Gasteiger partial charge in [0.25, 0.3) is 11.8 Å². The molecule has 10 nitrogen and oxygen atoms in total. The molecule has 3 aromatic heterocycles. The zero-order valence-corrected chi connectivity index (χ0v) is 14.4. The van der Waals surface area contributed by atoms with Crippen molar-refractivity contribution < 1.29 is 9.59 Å². The lowest BCUT2D eigenvalue weighted by Gasteiger charge is -2.02. The van der Waals surface area contributed by atoms with E-state index in [1.165, 1.54) is 18.5 Å². The van der Waals surface area contributed by atoms with Crippen LogP contribution >= 0.6 is 0 Å². The summed E-state index contributed by atoms with van der Waals surface area (Å²) in [5.74, 6) is -1.16. The fourth-order valence-corrected chi connectivity index (χ4v) is 1.95. The third-order valence-corrected chi connectivity index (χ3v) is 3.30. The number of aromatic nitrogens is 4. The van der Waals surface area contributed by atoms with E-state index in [0.29, 0.717) is 0 Å². The lowest BCUT2D eigenvalue weighted by Crippen LogP contribution is -2.23. The molecule has 2 N–H and O–H groups in total. The summed E-state index contributed by atoms with van der Waals surface area (Å²) in [5, 5.41) is 7.67. The van der Waals surface area contributed by atoms with Crippen molar-refractivity contribution in [2.45, 2.75) is 0 Å². The van der Waals surface area contributed by atoms with E-state index < -0.39 is 11.8 Å². The first-order valence-corrected chi connectivity index (χ1v) is 8.01. The molecule has 0 bridgehead atoms. The van der Waals surface area contributed by atoms with Gasteiger partial charge in [0.1, 0.15) is 17.7 Å². The smallest absolute Gasteiger partial charge is 0.266 e. The van der Waals surface area contributed by atoms with Crippen molar-refractivity contribution in [1.29, 1.82) is 0 Å². The molecule has 138 valence electrons. The number of hydrogen-bond acceptors (Lipinski definition) is 8. The van der Waals surface area contributed by atoms with Crippen LogP contribution in [0.3, 0.4) is 0 Å². The molecule has 3 heterocycles. The molecule has 0 saturated heterocycles. The first kappa shape index (κ1) is 18.5. The summed E-state index contributed by atoms with van der Waals surface area (Å²) in [6.07, 6.45) is 10.5. The Balaban J connectivity index is 1.59. The Kier molecular flexibility index (Phi) is 6.18. The molecule has 0 atom stereocenters. The number of rotatable bonds is 6. The van der Waals surface area contributed by atoms with Gasteiger partial charge in [-0.3, -0.25) is 19.6 Å².